The summed E-state index contributed by atoms with van der Waals surface area (Å²) in [4.78, 5) is 30.2. The molecule has 0 fully saturated rings. The van der Waals surface area contributed by atoms with Crippen molar-refractivity contribution in [1.82, 2.24) is 20.1 Å². The molecule has 0 atom stereocenters. The maximum absolute atomic E-state index is 13.2. The summed E-state index contributed by atoms with van der Waals surface area (Å²) in [5, 5.41) is 7.36. The summed E-state index contributed by atoms with van der Waals surface area (Å²) in [6.45, 7) is 0.293. The number of pyridine rings is 1. The average molecular weight is 396 g/mol. The van der Waals surface area contributed by atoms with E-state index in [2.05, 4.69) is 15.4 Å². The molecule has 4 rings (SSSR count). The lowest BCUT2D eigenvalue weighted by Crippen LogP contribution is -2.34. The largest absolute Gasteiger partial charge is 0.348 e. The van der Waals surface area contributed by atoms with E-state index in [1.54, 1.807) is 19.4 Å². The summed E-state index contributed by atoms with van der Waals surface area (Å²) in [5.41, 5.74) is 3.22. The molecule has 1 amide bonds. The van der Waals surface area contributed by atoms with Gasteiger partial charge in [0.1, 0.15) is 5.56 Å². The zero-order chi connectivity index (χ0) is 20.9. The van der Waals surface area contributed by atoms with Crippen molar-refractivity contribution >= 4 is 5.91 Å². The SMILES string of the molecule is Cn1nc(-c2ccccc2)c(-c2ccccc2)c(C(=O)NCc2ccncc2)c1=O. The number of amides is 1. The number of hydrogen-bond acceptors (Lipinski definition) is 4. The molecule has 2 heterocycles. The molecular weight excluding hydrogens is 376 g/mol. The number of nitrogens with zero attached hydrogens (tertiary/aromatic N) is 3. The van der Waals surface area contributed by atoms with Gasteiger partial charge in [-0.05, 0) is 23.3 Å². The van der Waals surface area contributed by atoms with Gasteiger partial charge in [0.2, 0.25) is 0 Å². The molecule has 6 nitrogen and oxygen atoms in total. The van der Waals surface area contributed by atoms with Crippen molar-refractivity contribution in [3.8, 4) is 22.4 Å². The monoisotopic (exact) mass is 396 g/mol. The number of hydrogen-bond donors (Lipinski definition) is 1. The van der Waals surface area contributed by atoms with E-state index in [0.29, 0.717) is 17.8 Å². The quantitative estimate of drug-likeness (QED) is 0.561. The molecule has 0 bridgehead atoms. The van der Waals surface area contributed by atoms with Crippen LogP contribution in [-0.2, 0) is 13.6 Å². The third-order valence-electron chi connectivity index (χ3n) is 4.78. The molecule has 0 saturated carbocycles. The first kappa shape index (κ1) is 19.3. The van der Waals surface area contributed by atoms with Crippen molar-refractivity contribution in [2.45, 2.75) is 6.54 Å². The highest BCUT2D eigenvalue weighted by atomic mass is 16.2. The summed E-state index contributed by atoms with van der Waals surface area (Å²) in [7, 11) is 1.56. The molecule has 0 aliphatic carbocycles. The Morgan fingerprint density at radius 3 is 2.13 bits per heavy atom. The summed E-state index contributed by atoms with van der Waals surface area (Å²) in [5.74, 6) is -0.439. The molecule has 0 saturated heterocycles. The van der Waals surface area contributed by atoms with Crippen LogP contribution >= 0.6 is 0 Å². The molecule has 4 aromatic rings. The van der Waals surface area contributed by atoms with Crippen molar-refractivity contribution < 1.29 is 4.79 Å². The number of benzene rings is 2. The Bertz CT molecular complexity index is 1220. The highest BCUT2D eigenvalue weighted by Gasteiger charge is 2.24. The van der Waals surface area contributed by atoms with Gasteiger partial charge in [-0.3, -0.25) is 14.6 Å². The number of carbonyl (C=O) groups excluding carboxylic acids is 1. The second kappa shape index (κ2) is 8.53. The second-order valence-corrected chi connectivity index (χ2v) is 6.80. The number of carbonyl (C=O) groups is 1. The van der Waals surface area contributed by atoms with Gasteiger partial charge in [0, 0.05) is 37.1 Å². The molecule has 0 unspecified atom stereocenters. The van der Waals surface area contributed by atoms with Crippen LogP contribution in [0.4, 0.5) is 0 Å². The van der Waals surface area contributed by atoms with E-state index in [1.165, 1.54) is 4.68 Å². The smallest absolute Gasteiger partial charge is 0.280 e. The fourth-order valence-corrected chi connectivity index (χ4v) is 3.30. The Kier molecular flexibility index (Phi) is 5.48. The molecule has 0 radical (unpaired) electrons. The Balaban J connectivity index is 1.87. The lowest BCUT2D eigenvalue weighted by molar-refractivity contribution is 0.0949. The standard InChI is InChI=1S/C24H20N4O2/c1-28-24(30)21(23(29)26-16-17-12-14-25-15-13-17)20(18-8-4-2-5-9-18)22(27-28)19-10-6-3-7-11-19/h2-15H,16H2,1H3,(H,26,29). The first-order valence-electron chi connectivity index (χ1n) is 9.54. The molecule has 2 aromatic heterocycles. The van der Waals surface area contributed by atoms with Crippen LogP contribution in [0.3, 0.4) is 0 Å². The van der Waals surface area contributed by atoms with Gasteiger partial charge in [0.05, 0.1) is 5.69 Å². The van der Waals surface area contributed by atoms with Crippen LogP contribution in [0, 0.1) is 0 Å². The van der Waals surface area contributed by atoms with E-state index < -0.39 is 11.5 Å². The summed E-state index contributed by atoms with van der Waals surface area (Å²) >= 11 is 0. The van der Waals surface area contributed by atoms with Gasteiger partial charge in [0.25, 0.3) is 11.5 Å². The van der Waals surface area contributed by atoms with Crippen LogP contribution in [0.1, 0.15) is 15.9 Å². The zero-order valence-corrected chi connectivity index (χ0v) is 16.4. The number of rotatable bonds is 5. The van der Waals surface area contributed by atoms with E-state index in [4.69, 9.17) is 0 Å². The van der Waals surface area contributed by atoms with E-state index in [-0.39, 0.29) is 5.56 Å². The minimum Gasteiger partial charge on any atom is -0.348 e. The average Bonchev–Trinajstić information content (AvgIpc) is 2.80. The van der Waals surface area contributed by atoms with Crippen molar-refractivity contribution in [2.24, 2.45) is 7.05 Å². The van der Waals surface area contributed by atoms with Gasteiger partial charge in [0.15, 0.2) is 0 Å². The van der Waals surface area contributed by atoms with Crippen LogP contribution in [0.25, 0.3) is 22.4 Å². The van der Waals surface area contributed by atoms with E-state index in [9.17, 15) is 9.59 Å². The molecule has 30 heavy (non-hydrogen) atoms. The highest BCUT2D eigenvalue weighted by Crippen LogP contribution is 2.31. The van der Waals surface area contributed by atoms with E-state index in [0.717, 1.165) is 16.7 Å². The van der Waals surface area contributed by atoms with Gasteiger partial charge < -0.3 is 5.32 Å². The van der Waals surface area contributed by atoms with Crippen molar-refractivity contribution in [1.29, 1.82) is 0 Å². The third kappa shape index (κ3) is 3.89. The molecule has 148 valence electrons. The summed E-state index contributed by atoms with van der Waals surface area (Å²) in [6.07, 6.45) is 3.33. The minimum absolute atomic E-state index is 0.0756. The van der Waals surface area contributed by atoms with E-state index in [1.807, 2.05) is 72.8 Å². The Morgan fingerprint density at radius 1 is 0.900 bits per heavy atom. The molecule has 6 heteroatoms. The van der Waals surface area contributed by atoms with Crippen molar-refractivity contribution in [2.75, 3.05) is 0 Å². The Labute approximate surface area is 173 Å². The number of aromatic nitrogens is 3. The van der Waals surface area contributed by atoms with E-state index >= 15 is 0 Å². The zero-order valence-electron chi connectivity index (χ0n) is 16.4. The Hall–Kier alpha value is -4.06. The molecular formula is C24H20N4O2. The predicted molar refractivity (Wildman–Crippen MR) is 116 cm³/mol. The van der Waals surface area contributed by atoms with Gasteiger partial charge >= 0.3 is 0 Å². The fourth-order valence-electron chi connectivity index (χ4n) is 3.30. The van der Waals surface area contributed by atoms with Gasteiger partial charge in [-0.15, -0.1) is 0 Å². The summed E-state index contributed by atoms with van der Waals surface area (Å²) in [6, 6.07) is 22.6. The molecule has 1 N–H and O–H groups in total. The van der Waals surface area contributed by atoms with Gasteiger partial charge in [-0.1, -0.05) is 60.7 Å². The van der Waals surface area contributed by atoms with Crippen LogP contribution in [0.2, 0.25) is 0 Å². The topological polar surface area (TPSA) is 76.9 Å². The third-order valence-corrected chi connectivity index (χ3v) is 4.78. The number of aryl methyl sites for hydroxylation is 1. The Morgan fingerprint density at radius 2 is 1.50 bits per heavy atom. The second-order valence-electron chi connectivity index (χ2n) is 6.80. The first-order chi connectivity index (χ1) is 14.6. The fraction of sp³-hybridized carbons (Fsp3) is 0.0833. The molecule has 0 spiro atoms. The lowest BCUT2D eigenvalue weighted by Gasteiger charge is -2.16. The molecule has 0 aliphatic heterocycles. The first-order valence-corrected chi connectivity index (χ1v) is 9.54. The maximum atomic E-state index is 13.2. The highest BCUT2D eigenvalue weighted by molar-refractivity contribution is 6.03. The summed E-state index contributed by atoms with van der Waals surface area (Å²) < 4.78 is 1.22. The minimum atomic E-state index is -0.444. The normalized spacial score (nSPS) is 10.6. The van der Waals surface area contributed by atoms with Crippen LogP contribution in [-0.4, -0.2) is 20.7 Å². The maximum Gasteiger partial charge on any atom is 0.280 e. The van der Waals surface area contributed by atoms with Gasteiger partial charge in [-0.2, -0.15) is 5.10 Å². The molecule has 0 aliphatic rings. The van der Waals surface area contributed by atoms with Crippen LogP contribution in [0.15, 0.2) is 90.0 Å². The number of nitrogens with one attached hydrogen (secondary N) is 1. The molecule has 2 aromatic carbocycles. The van der Waals surface area contributed by atoms with Crippen LogP contribution in [0.5, 0.6) is 0 Å². The lowest BCUT2D eigenvalue weighted by atomic mass is 9.95. The predicted octanol–water partition coefficient (Wildman–Crippen LogP) is 3.44. The van der Waals surface area contributed by atoms with Crippen molar-refractivity contribution in [3.63, 3.8) is 0 Å². The van der Waals surface area contributed by atoms with Gasteiger partial charge in [-0.25, -0.2) is 4.68 Å². The van der Waals surface area contributed by atoms with Crippen molar-refractivity contribution in [3.05, 3.63) is 107 Å². The van der Waals surface area contributed by atoms with Crippen LogP contribution < -0.4 is 10.9 Å².